The number of thiazole rings is 1. The highest BCUT2D eigenvalue weighted by Gasteiger charge is 2.40. The number of aromatic nitrogens is 2. The molecule has 12 nitrogen and oxygen atoms in total. The molecule has 2 aromatic heterocycles. The van der Waals surface area contributed by atoms with Crippen molar-refractivity contribution in [1.29, 1.82) is 0 Å². The molecule has 210 valence electrons. The summed E-state index contributed by atoms with van der Waals surface area (Å²) in [5.41, 5.74) is 1.41. The van der Waals surface area contributed by atoms with E-state index in [0.29, 0.717) is 28.9 Å². The van der Waals surface area contributed by atoms with Crippen LogP contribution < -0.4 is 10.0 Å². The highest BCUT2D eigenvalue weighted by Crippen LogP contribution is 2.29. The van der Waals surface area contributed by atoms with Crippen LogP contribution in [-0.2, 0) is 37.8 Å². The van der Waals surface area contributed by atoms with Gasteiger partial charge < -0.3 is 15.2 Å². The molecule has 3 aromatic rings. The fourth-order valence-corrected chi connectivity index (χ4v) is 8.82. The SMILES string of the molecule is CC(=O)NS(=O)(=O)CC1CN(S(=O)(=O)c2cc3cc(Cl)ccc3[nH]2)CCN1C(=O)c1nc2c(s1)CNC(C)C2. The number of benzene rings is 1. The van der Waals surface area contributed by atoms with Gasteiger partial charge in [0.15, 0.2) is 5.01 Å². The van der Waals surface area contributed by atoms with E-state index in [1.165, 1.54) is 22.3 Å². The third kappa shape index (κ3) is 5.83. The van der Waals surface area contributed by atoms with Crippen LogP contribution in [0.1, 0.15) is 34.2 Å². The number of nitrogens with zero attached hydrogens (tertiary/aromatic N) is 3. The maximum absolute atomic E-state index is 13.6. The number of fused-ring (bicyclic) bond motifs is 2. The van der Waals surface area contributed by atoms with Crippen molar-refractivity contribution in [3.63, 3.8) is 0 Å². The molecule has 0 bridgehead atoms. The van der Waals surface area contributed by atoms with E-state index in [4.69, 9.17) is 11.6 Å². The number of amides is 2. The summed E-state index contributed by atoms with van der Waals surface area (Å²) < 4.78 is 55.6. The number of nitrogens with one attached hydrogen (secondary N) is 3. The first-order valence-electron chi connectivity index (χ1n) is 12.1. The number of hydrogen-bond acceptors (Lipinski definition) is 9. The van der Waals surface area contributed by atoms with Crippen molar-refractivity contribution < 1.29 is 26.4 Å². The molecule has 5 rings (SSSR count). The topological polar surface area (TPSA) is 162 Å². The van der Waals surface area contributed by atoms with Crippen LogP contribution in [0.25, 0.3) is 10.9 Å². The van der Waals surface area contributed by atoms with Crippen LogP contribution in [-0.4, -0.2) is 85.3 Å². The van der Waals surface area contributed by atoms with E-state index in [0.717, 1.165) is 21.8 Å². The average molecular weight is 615 g/mol. The van der Waals surface area contributed by atoms with E-state index in [2.05, 4.69) is 15.3 Å². The summed E-state index contributed by atoms with van der Waals surface area (Å²) in [5, 5.41) is 4.53. The van der Waals surface area contributed by atoms with Crippen molar-refractivity contribution in [1.82, 2.24) is 29.2 Å². The largest absolute Gasteiger partial charge is 0.345 e. The van der Waals surface area contributed by atoms with Crippen LogP contribution in [0.4, 0.5) is 0 Å². The lowest BCUT2D eigenvalue weighted by molar-refractivity contribution is -0.117. The molecule has 39 heavy (non-hydrogen) atoms. The number of aromatic amines is 1. The zero-order valence-electron chi connectivity index (χ0n) is 21.1. The molecular weight excluding hydrogens is 588 g/mol. The summed E-state index contributed by atoms with van der Waals surface area (Å²) >= 11 is 7.28. The second-order valence-electron chi connectivity index (χ2n) is 9.70. The van der Waals surface area contributed by atoms with Crippen LogP contribution in [0.3, 0.4) is 0 Å². The van der Waals surface area contributed by atoms with Gasteiger partial charge in [-0.3, -0.25) is 14.3 Å². The average Bonchev–Trinajstić information content (AvgIpc) is 3.46. The van der Waals surface area contributed by atoms with Gasteiger partial charge in [0.25, 0.3) is 15.9 Å². The third-order valence-corrected chi connectivity index (χ3v) is 11.2. The molecule has 2 amide bonds. The molecule has 4 heterocycles. The molecule has 0 radical (unpaired) electrons. The van der Waals surface area contributed by atoms with Crippen LogP contribution in [0.5, 0.6) is 0 Å². The van der Waals surface area contributed by atoms with Crippen molar-refractivity contribution in [3.05, 3.63) is 44.9 Å². The Morgan fingerprint density at radius 2 is 1.97 bits per heavy atom. The minimum Gasteiger partial charge on any atom is -0.345 e. The predicted octanol–water partition coefficient (Wildman–Crippen LogP) is 1.29. The third-order valence-electron chi connectivity index (χ3n) is 6.67. The van der Waals surface area contributed by atoms with Crippen molar-refractivity contribution >= 4 is 65.7 Å². The number of hydrogen-bond donors (Lipinski definition) is 3. The first kappa shape index (κ1) is 28.0. The molecule has 1 saturated heterocycles. The van der Waals surface area contributed by atoms with Crippen molar-refractivity contribution in [2.75, 3.05) is 25.4 Å². The van der Waals surface area contributed by atoms with E-state index >= 15 is 0 Å². The molecule has 0 aliphatic carbocycles. The summed E-state index contributed by atoms with van der Waals surface area (Å²) in [5.74, 6) is -1.91. The van der Waals surface area contributed by atoms with Crippen LogP contribution >= 0.6 is 22.9 Å². The van der Waals surface area contributed by atoms with E-state index < -0.39 is 43.7 Å². The molecule has 0 saturated carbocycles. The van der Waals surface area contributed by atoms with Gasteiger partial charge in [-0.05, 0) is 31.2 Å². The zero-order chi connectivity index (χ0) is 28.1. The first-order valence-corrected chi connectivity index (χ1v) is 16.4. The van der Waals surface area contributed by atoms with Gasteiger partial charge in [-0.2, -0.15) is 4.31 Å². The normalized spacial score (nSPS) is 20.6. The van der Waals surface area contributed by atoms with Gasteiger partial charge in [0.2, 0.25) is 15.9 Å². The highest BCUT2D eigenvalue weighted by atomic mass is 35.5. The fourth-order valence-electron chi connectivity index (χ4n) is 4.85. The number of piperazine rings is 1. The van der Waals surface area contributed by atoms with Gasteiger partial charge in [0.1, 0.15) is 5.03 Å². The molecule has 0 spiro atoms. The standard InChI is InChI=1S/C23H27ClN6O6S3/c1-13-7-19-20(10-25-13)37-22(27-19)23(32)30-6-5-29(11-17(30)12-38(33,34)28-14(2)31)39(35,36)21-9-15-8-16(24)3-4-18(15)26-21/h3-4,8-9,13,17,25-26H,5-7,10-12H2,1-2H3,(H,28,31). The lowest BCUT2D eigenvalue weighted by Gasteiger charge is -2.40. The summed E-state index contributed by atoms with van der Waals surface area (Å²) in [7, 11) is -8.24. The molecular formula is C23H27ClN6O6S3. The van der Waals surface area contributed by atoms with Gasteiger partial charge in [0, 0.05) is 66.4 Å². The number of carbonyl (C=O) groups excluding carboxylic acids is 2. The Labute approximate surface area is 234 Å². The molecule has 1 fully saturated rings. The summed E-state index contributed by atoms with van der Waals surface area (Å²) in [4.78, 5) is 34.8. The molecule has 3 N–H and O–H groups in total. The lowest BCUT2D eigenvalue weighted by Crippen LogP contribution is -2.59. The Balaban J connectivity index is 1.44. The van der Waals surface area contributed by atoms with Crippen molar-refractivity contribution in [2.24, 2.45) is 0 Å². The number of carbonyl (C=O) groups is 2. The first-order chi connectivity index (χ1) is 18.3. The van der Waals surface area contributed by atoms with Crippen LogP contribution in [0.15, 0.2) is 29.3 Å². The smallest absolute Gasteiger partial charge is 0.283 e. The van der Waals surface area contributed by atoms with Gasteiger partial charge in [-0.25, -0.2) is 21.8 Å². The number of sulfonamides is 2. The van der Waals surface area contributed by atoms with Gasteiger partial charge in [-0.1, -0.05) is 11.6 Å². The van der Waals surface area contributed by atoms with Gasteiger partial charge >= 0.3 is 0 Å². The summed E-state index contributed by atoms with van der Waals surface area (Å²) in [6.07, 6.45) is 0.668. The van der Waals surface area contributed by atoms with Crippen molar-refractivity contribution in [2.45, 2.75) is 43.9 Å². The molecule has 2 atom stereocenters. The van der Waals surface area contributed by atoms with Crippen molar-refractivity contribution in [3.8, 4) is 0 Å². The minimum absolute atomic E-state index is 0.0510. The molecule has 16 heteroatoms. The Kier molecular flexibility index (Phi) is 7.50. The Hall–Kier alpha value is -2.56. The molecule has 2 aliphatic heterocycles. The Morgan fingerprint density at radius 1 is 1.21 bits per heavy atom. The van der Waals surface area contributed by atoms with Crippen LogP contribution in [0, 0.1) is 0 Å². The fraction of sp³-hybridized carbons (Fsp3) is 0.435. The minimum atomic E-state index is -4.16. The maximum atomic E-state index is 13.6. The Bertz CT molecular complexity index is 1670. The number of H-pyrrole nitrogens is 1. The number of halogens is 1. The lowest BCUT2D eigenvalue weighted by atomic mass is 10.1. The predicted molar refractivity (Wildman–Crippen MR) is 147 cm³/mol. The summed E-state index contributed by atoms with van der Waals surface area (Å²) in [6.45, 7) is 3.29. The molecule has 2 unspecified atom stereocenters. The van der Waals surface area contributed by atoms with Crippen LogP contribution in [0.2, 0.25) is 5.02 Å². The quantitative estimate of drug-likeness (QED) is 0.374. The van der Waals surface area contributed by atoms with E-state index in [1.807, 2.05) is 11.6 Å². The summed E-state index contributed by atoms with van der Waals surface area (Å²) in [6, 6.07) is 5.56. The highest BCUT2D eigenvalue weighted by molar-refractivity contribution is 7.90. The maximum Gasteiger partial charge on any atom is 0.283 e. The van der Waals surface area contributed by atoms with Gasteiger partial charge in [-0.15, -0.1) is 11.3 Å². The zero-order valence-corrected chi connectivity index (χ0v) is 24.3. The van der Waals surface area contributed by atoms with E-state index in [1.54, 1.807) is 18.2 Å². The van der Waals surface area contributed by atoms with E-state index in [9.17, 15) is 26.4 Å². The monoisotopic (exact) mass is 614 g/mol. The Morgan fingerprint density at radius 3 is 2.72 bits per heavy atom. The number of rotatable bonds is 6. The second kappa shape index (κ2) is 10.4. The second-order valence-corrected chi connectivity index (χ2v) is 14.9. The molecule has 1 aromatic carbocycles. The van der Waals surface area contributed by atoms with Gasteiger partial charge in [0.05, 0.1) is 17.5 Å². The molecule has 2 aliphatic rings. The van der Waals surface area contributed by atoms with E-state index in [-0.39, 0.29) is 35.7 Å².